The van der Waals surface area contributed by atoms with Crippen molar-refractivity contribution in [2.75, 3.05) is 18.4 Å². The average molecular weight is 789 g/mol. The van der Waals surface area contributed by atoms with Crippen molar-refractivity contribution in [1.29, 1.82) is 0 Å². The van der Waals surface area contributed by atoms with Crippen LogP contribution in [0.25, 0.3) is 0 Å². The lowest BCUT2D eigenvalue weighted by molar-refractivity contribution is 0.686. The summed E-state index contributed by atoms with van der Waals surface area (Å²) >= 11 is 29.4. The Morgan fingerprint density at radius 1 is 0.608 bits per heavy atom. The van der Waals surface area contributed by atoms with E-state index in [2.05, 4.69) is 41.6 Å². The molecule has 6 rings (SSSR count). The van der Waals surface area contributed by atoms with Gasteiger partial charge in [-0.3, -0.25) is 9.36 Å². The van der Waals surface area contributed by atoms with Crippen LogP contribution in [-0.4, -0.2) is 52.6 Å². The van der Waals surface area contributed by atoms with Crippen molar-refractivity contribution in [3.05, 3.63) is 145 Å². The van der Waals surface area contributed by atoms with E-state index in [1.54, 1.807) is 0 Å². The van der Waals surface area contributed by atoms with E-state index in [0.717, 1.165) is 77.9 Å². The largest absolute Gasteiger partial charge is 0.368 e. The molecule has 0 aliphatic carbocycles. The van der Waals surface area contributed by atoms with Gasteiger partial charge in [-0.1, -0.05) is 96.1 Å². The SMILES string of the molecule is CCc1ncnc(Cl)c1Cl.CCc1ncnc(NCCc2cnn(Cc3ccc(Cl)cc3)c2)c1Cl.NCCc1cnn(Cc2ccc(Cl)cc2)c1. The van der Waals surface area contributed by atoms with Crippen LogP contribution in [0.15, 0.2) is 86.0 Å². The van der Waals surface area contributed by atoms with Crippen LogP contribution < -0.4 is 11.1 Å². The Bertz CT molecular complexity index is 1930. The first-order valence-electron chi connectivity index (χ1n) is 16.3. The Balaban J connectivity index is 0.000000191. The van der Waals surface area contributed by atoms with Gasteiger partial charge >= 0.3 is 0 Å². The molecule has 0 unspecified atom stereocenters. The van der Waals surface area contributed by atoms with Gasteiger partial charge in [0, 0.05) is 29.0 Å². The van der Waals surface area contributed by atoms with E-state index in [4.69, 9.17) is 63.7 Å². The van der Waals surface area contributed by atoms with Gasteiger partial charge in [0.15, 0.2) is 5.15 Å². The van der Waals surface area contributed by atoms with E-state index in [1.165, 1.54) is 23.8 Å². The second kappa shape index (κ2) is 20.9. The standard InChI is InChI=1S/C18H19Cl2N5.C12H14ClN3.C6H6Cl2N2/c1-2-16-17(20)18(23-12-22-16)21-8-7-14-9-24-25(11-14)10-13-3-5-15(19)6-4-13;13-12-3-1-10(2-4-12)8-16-9-11(5-6-14)7-15-16;1-2-4-5(7)6(8)10-3-9-4/h3-6,9,11-12H,2,7-8,10H2,1H3,(H,21,22,23);1-4,7,9H,5-6,8,14H2;3H,2H2,1H3. The number of anilines is 1. The van der Waals surface area contributed by atoms with Gasteiger partial charge in [-0.2, -0.15) is 10.2 Å². The number of nitrogens with one attached hydrogen (secondary N) is 1. The van der Waals surface area contributed by atoms with Crippen LogP contribution in [0.5, 0.6) is 0 Å². The number of rotatable bonds is 12. The van der Waals surface area contributed by atoms with Crippen molar-refractivity contribution in [2.24, 2.45) is 5.73 Å². The molecular formula is C36H39Cl5N10. The van der Waals surface area contributed by atoms with Gasteiger partial charge in [0.05, 0.1) is 41.9 Å². The summed E-state index contributed by atoms with van der Waals surface area (Å²) in [5.74, 6) is 0.682. The van der Waals surface area contributed by atoms with Crippen LogP contribution in [0.4, 0.5) is 5.82 Å². The third kappa shape index (κ3) is 13.1. The molecule has 2 aromatic carbocycles. The summed E-state index contributed by atoms with van der Waals surface area (Å²) in [6, 6.07) is 15.6. The highest BCUT2D eigenvalue weighted by molar-refractivity contribution is 6.41. The first-order chi connectivity index (χ1) is 24.7. The Labute approximate surface area is 323 Å². The van der Waals surface area contributed by atoms with Gasteiger partial charge in [0.25, 0.3) is 0 Å². The van der Waals surface area contributed by atoms with Crippen LogP contribution in [-0.2, 0) is 38.8 Å². The van der Waals surface area contributed by atoms with Gasteiger partial charge in [-0.25, -0.2) is 19.9 Å². The first-order valence-corrected chi connectivity index (χ1v) is 18.2. The first kappa shape index (κ1) is 40.0. The number of nitrogens with two attached hydrogens (primary N) is 1. The molecule has 4 aromatic heterocycles. The number of aromatic nitrogens is 8. The summed E-state index contributed by atoms with van der Waals surface area (Å²) in [5.41, 5.74) is 11.8. The normalized spacial score (nSPS) is 10.6. The van der Waals surface area contributed by atoms with Crippen molar-refractivity contribution in [3.63, 3.8) is 0 Å². The predicted octanol–water partition coefficient (Wildman–Crippen LogP) is 8.68. The molecule has 6 aromatic rings. The monoisotopic (exact) mass is 786 g/mol. The maximum Gasteiger partial charge on any atom is 0.151 e. The second-order valence-corrected chi connectivity index (χ2v) is 13.2. The van der Waals surface area contributed by atoms with E-state index in [0.29, 0.717) is 27.6 Å². The van der Waals surface area contributed by atoms with Gasteiger partial charge in [0.1, 0.15) is 23.5 Å². The van der Waals surface area contributed by atoms with Crippen LogP contribution >= 0.6 is 58.0 Å². The molecule has 0 spiro atoms. The molecule has 0 fully saturated rings. The van der Waals surface area contributed by atoms with E-state index in [-0.39, 0.29) is 0 Å². The average Bonchev–Trinajstić information content (AvgIpc) is 3.78. The van der Waals surface area contributed by atoms with Crippen molar-refractivity contribution < 1.29 is 0 Å². The molecule has 10 nitrogen and oxygen atoms in total. The fourth-order valence-corrected chi connectivity index (χ4v) is 5.63. The summed E-state index contributed by atoms with van der Waals surface area (Å²) < 4.78 is 3.83. The fraction of sp³-hybridized carbons (Fsp3) is 0.278. The minimum atomic E-state index is 0.327. The van der Waals surface area contributed by atoms with Gasteiger partial charge in [-0.05, 0) is 78.7 Å². The summed E-state index contributed by atoms with van der Waals surface area (Å²) in [6.45, 7) is 6.86. The fourth-order valence-electron chi connectivity index (χ4n) is 4.69. The summed E-state index contributed by atoms with van der Waals surface area (Å²) in [7, 11) is 0. The van der Waals surface area contributed by atoms with E-state index in [1.807, 2.05) is 90.3 Å². The minimum Gasteiger partial charge on any atom is -0.368 e. The zero-order valence-corrected chi connectivity index (χ0v) is 32.1. The molecule has 268 valence electrons. The zero-order valence-electron chi connectivity index (χ0n) is 28.3. The van der Waals surface area contributed by atoms with E-state index in [9.17, 15) is 0 Å². The van der Waals surface area contributed by atoms with Crippen LogP contribution in [0.3, 0.4) is 0 Å². The maximum absolute atomic E-state index is 6.28. The maximum atomic E-state index is 6.28. The van der Waals surface area contributed by atoms with E-state index >= 15 is 0 Å². The predicted molar refractivity (Wildman–Crippen MR) is 208 cm³/mol. The smallest absolute Gasteiger partial charge is 0.151 e. The summed E-state index contributed by atoms with van der Waals surface area (Å²) in [6.07, 6.45) is 14.1. The van der Waals surface area contributed by atoms with Crippen molar-refractivity contribution in [1.82, 2.24) is 39.5 Å². The number of nitrogens with zero attached hydrogens (tertiary/aromatic N) is 8. The minimum absolute atomic E-state index is 0.327. The third-order valence-electron chi connectivity index (χ3n) is 7.38. The number of halogens is 5. The second-order valence-electron chi connectivity index (χ2n) is 11.2. The molecule has 4 heterocycles. The molecular weight excluding hydrogens is 750 g/mol. The Hall–Kier alpha value is -3.77. The number of hydrogen-bond donors (Lipinski definition) is 2. The highest BCUT2D eigenvalue weighted by Crippen LogP contribution is 2.22. The van der Waals surface area contributed by atoms with E-state index < -0.39 is 0 Å². The summed E-state index contributed by atoms with van der Waals surface area (Å²) in [4.78, 5) is 16.0. The molecule has 0 aliphatic heterocycles. The molecule has 0 atom stereocenters. The highest BCUT2D eigenvalue weighted by Gasteiger charge is 2.08. The van der Waals surface area contributed by atoms with Crippen molar-refractivity contribution in [3.8, 4) is 0 Å². The van der Waals surface area contributed by atoms with Gasteiger partial charge < -0.3 is 11.1 Å². The molecule has 15 heteroatoms. The van der Waals surface area contributed by atoms with Crippen molar-refractivity contribution in [2.45, 2.75) is 52.6 Å². The van der Waals surface area contributed by atoms with Crippen molar-refractivity contribution >= 4 is 63.8 Å². The highest BCUT2D eigenvalue weighted by atomic mass is 35.5. The molecule has 0 saturated carbocycles. The Morgan fingerprint density at radius 2 is 1.10 bits per heavy atom. The molecule has 0 aliphatic rings. The number of hydrogen-bond acceptors (Lipinski definition) is 8. The van der Waals surface area contributed by atoms with Crippen LogP contribution in [0.1, 0.15) is 47.5 Å². The molecule has 51 heavy (non-hydrogen) atoms. The molecule has 0 saturated heterocycles. The van der Waals surface area contributed by atoms with Crippen LogP contribution in [0.2, 0.25) is 25.2 Å². The lowest BCUT2D eigenvalue weighted by Crippen LogP contribution is -2.08. The molecule has 0 bridgehead atoms. The molecule has 0 amide bonds. The van der Waals surface area contributed by atoms with Gasteiger partial charge in [-0.15, -0.1) is 0 Å². The topological polar surface area (TPSA) is 125 Å². The van der Waals surface area contributed by atoms with Gasteiger partial charge in [0.2, 0.25) is 0 Å². The molecule has 3 N–H and O–H groups in total. The summed E-state index contributed by atoms with van der Waals surface area (Å²) in [5, 5.41) is 14.8. The number of benzene rings is 2. The van der Waals surface area contributed by atoms with Crippen LogP contribution in [0, 0.1) is 0 Å². The Kier molecular flexibility index (Phi) is 16.4. The zero-order chi connectivity index (χ0) is 36.6. The number of aryl methyl sites for hydroxylation is 2. The lowest BCUT2D eigenvalue weighted by Gasteiger charge is -2.08. The lowest BCUT2D eigenvalue weighted by atomic mass is 10.2. The quantitative estimate of drug-likeness (QED) is 0.118. The molecule has 0 radical (unpaired) electrons. The third-order valence-corrected chi connectivity index (χ3v) is 9.06. The Morgan fingerprint density at radius 3 is 1.59 bits per heavy atom.